The zero-order chi connectivity index (χ0) is 13.6. The highest BCUT2D eigenvalue weighted by atomic mass is 35.5. The van der Waals surface area contributed by atoms with Gasteiger partial charge in [0.1, 0.15) is 0 Å². The maximum absolute atomic E-state index is 9.74. The van der Waals surface area contributed by atoms with E-state index in [4.69, 9.17) is 11.6 Å². The second kappa shape index (κ2) is 4.51. The number of benzene rings is 1. The van der Waals surface area contributed by atoms with E-state index in [1.807, 2.05) is 24.3 Å². The first-order valence-electron chi connectivity index (χ1n) is 6.66. The number of aromatic amines is 1. The van der Waals surface area contributed by atoms with Gasteiger partial charge in [0.05, 0.1) is 11.1 Å². The first-order chi connectivity index (χ1) is 9.00. The predicted octanol–water partition coefficient (Wildman–Crippen LogP) is 3.07. The molecule has 1 aliphatic carbocycles. The summed E-state index contributed by atoms with van der Waals surface area (Å²) in [5.41, 5.74) is 2.02. The van der Waals surface area contributed by atoms with Gasteiger partial charge in [0.25, 0.3) is 0 Å². The van der Waals surface area contributed by atoms with Crippen molar-refractivity contribution in [3.8, 4) is 0 Å². The van der Waals surface area contributed by atoms with Crippen LogP contribution in [0.1, 0.15) is 26.0 Å². The van der Waals surface area contributed by atoms with Gasteiger partial charge >= 0.3 is 0 Å². The summed E-state index contributed by atoms with van der Waals surface area (Å²) in [4.78, 5) is 3.35. The van der Waals surface area contributed by atoms with Crippen molar-refractivity contribution >= 4 is 22.5 Å². The van der Waals surface area contributed by atoms with Gasteiger partial charge in [0.2, 0.25) is 0 Å². The zero-order valence-corrected chi connectivity index (χ0v) is 12.0. The molecule has 1 aromatic carbocycles. The van der Waals surface area contributed by atoms with Crippen LogP contribution in [0.4, 0.5) is 0 Å². The van der Waals surface area contributed by atoms with Crippen molar-refractivity contribution in [1.82, 2.24) is 10.3 Å². The van der Waals surface area contributed by atoms with Gasteiger partial charge in [0, 0.05) is 34.6 Å². The van der Waals surface area contributed by atoms with Gasteiger partial charge in [-0.2, -0.15) is 0 Å². The molecule has 3 rings (SSSR count). The fourth-order valence-electron chi connectivity index (χ4n) is 2.76. The average molecular weight is 279 g/mol. The number of fused-ring (bicyclic) bond motifs is 1. The number of hydrogen-bond donors (Lipinski definition) is 3. The topological polar surface area (TPSA) is 48.0 Å². The monoisotopic (exact) mass is 278 g/mol. The third-order valence-corrected chi connectivity index (χ3v) is 4.89. The molecule has 1 aromatic heterocycles. The van der Waals surface area contributed by atoms with Crippen LogP contribution in [0.2, 0.25) is 5.02 Å². The summed E-state index contributed by atoms with van der Waals surface area (Å²) in [7, 11) is 0. The Morgan fingerprint density at radius 1 is 1.42 bits per heavy atom. The van der Waals surface area contributed by atoms with Crippen LogP contribution in [-0.2, 0) is 6.54 Å². The molecule has 19 heavy (non-hydrogen) atoms. The van der Waals surface area contributed by atoms with Crippen LogP contribution < -0.4 is 5.32 Å². The van der Waals surface area contributed by atoms with E-state index >= 15 is 0 Å². The van der Waals surface area contributed by atoms with E-state index in [0.717, 1.165) is 28.0 Å². The minimum atomic E-state index is -0.205. The fourth-order valence-corrected chi connectivity index (χ4v) is 3.04. The summed E-state index contributed by atoms with van der Waals surface area (Å²) in [6.45, 7) is 4.88. The number of nitrogens with one attached hydrogen (secondary N) is 2. The fraction of sp³-hybridized carbons (Fsp3) is 0.467. The zero-order valence-electron chi connectivity index (χ0n) is 11.2. The number of rotatable bonds is 3. The molecule has 2 atom stereocenters. The number of H-pyrrole nitrogens is 1. The van der Waals surface area contributed by atoms with Crippen LogP contribution in [-0.4, -0.2) is 22.2 Å². The Balaban J connectivity index is 1.74. The molecule has 102 valence electrons. The van der Waals surface area contributed by atoms with Crippen LogP contribution in [0.15, 0.2) is 24.3 Å². The lowest BCUT2D eigenvalue weighted by Gasteiger charge is -2.49. The SMILES string of the molecule is CC1(C)C(O)CC1NCc1[nH]c2ccccc2c1Cl. The molecule has 0 spiro atoms. The quantitative estimate of drug-likeness (QED) is 0.808. The first-order valence-corrected chi connectivity index (χ1v) is 7.04. The molecule has 3 N–H and O–H groups in total. The van der Waals surface area contributed by atoms with Crippen molar-refractivity contribution in [3.05, 3.63) is 35.0 Å². The van der Waals surface area contributed by atoms with Crippen LogP contribution in [0, 0.1) is 5.41 Å². The number of aliphatic hydroxyl groups excluding tert-OH is 1. The Kier molecular flexibility index (Phi) is 3.08. The molecule has 0 amide bonds. The van der Waals surface area contributed by atoms with Gasteiger partial charge in [-0.25, -0.2) is 0 Å². The summed E-state index contributed by atoms with van der Waals surface area (Å²) in [6, 6.07) is 8.38. The van der Waals surface area contributed by atoms with E-state index < -0.39 is 0 Å². The Morgan fingerprint density at radius 2 is 2.16 bits per heavy atom. The Morgan fingerprint density at radius 3 is 2.79 bits per heavy atom. The Bertz CT molecular complexity index is 605. The standard InChI is InChI=1S/C15H19ClN2O/c1-15(2)12(7-13(15)19)17-8-11-14(16)9-5-3-4-6-10(9)18-11/h3-6,12-13,17-19H,7-8H2,1-2H3. The van der Waals surface area contributed by atoms with Crippen molar-refractivity contribution < 1.29 is 5.11 Å². The lowest BCUT2D eigenvalue weighted by molar-refractivity contribution is -0.0730. The van der Waals surface area contributed by atoms with Crippen LogP contribution >= 0.6 is 11.6 Å². The molecule has 2 unspecified atom stereocenters. The second-order valence-corrected chi connectivity index (χ2v) is 6.35. The van der Waals surface area contributed by atoms with E-state index in [-0.39, 0.29) is 11.5 Å². The Hall–Kier alpha value is -1.03. The van der Waals surface area contributed by atoms with Gasteiger partial charge in [-0.15, -0.1) is 0 Å². The molecule has 0 radical (unpaired) electrons. The van der Waals surface area contributed by atoms with Crippen molar-refractivity contribution in [2.45, 2.75) is 39.0 Å². The van der Waals surface area contributed by atoms with Gasteiger partial charge in [-0.3, -0.25) is 0 Å². The van der Waals surface area contributed by atoms with Crippen molar-refractivity contribution in [1.29, 1.82) is 0 Å². The van der Waals surface area contributed by atoms with Crippen LogP contribution in [0.3, 0.4) is 0 Å². The molecule has 1 fully saturated rings. The minimum Gasteiger partial charge on any atom is -0.392 e. The lowest BCUT2D eigenvalue weighted by Crippen LogP contribution is -2.59. The van der Waals surface area contributed by atoms with E-state index in [9.17, 15) is 5.11 Å². The second-order valence-electron chi connectivity index (χ2n) is 5.97. The highest BCUT2D eigenvalue weighted by molar-refractivity contribution is 6.36. The van der Waals surface area contributed by atoms with E-state index in [1.165, 1.54) is 0 Å². The molecule has 1 heterocycles. The van der Waals surface area contributed by atoms with Crippen molar-refractivity contribution in [2.24, 2.45) is 5.41 Å². The summed E-state index contributed by atoms with van der Waals surface area (Å²) >= 11 is 6.38. The van der Waals surface area contributed by atoms with Crippen molar-refractivity contribution in [3.63, 3.8) is 0 Å². The van der Waals surface area contributed by atoms with Gasteiger partial charge < -0.3 is 15.4 Å². The highest BCUT2D eigenvalue weighted by Gasteiger charge is 2.46. The van der Waals surface area contributed by atoms with Gasteiger partial charge in [-0.05, 0) is 12.5 Å². The maximum Gasteiger partial charge on any atom is 0.0705 e. The number of aromatic nitrogens is 1. The molecule has 0 bridgehead atoms. The molecule has 0 saturated heterocycles. The van der Waals surface area contributed by atoms with E-state index in [1.54, 1.807) is 0 Å². The summed E-state index contributed by atoms with van der Waals surface area (Å²) in [5, 5.41) is 15.1. The lowest BCUT2D eigenvalue weighted by atomic mass is 9.64. The largest absolute Gasteiger partial charge is 0.392 e. The molecule has 1 saturated carbocycles. The number of para-hydroxylation sites is 1. The summed E-state index contributed by atoms with van der Waals surface area (Å²) in [5.74, 6) is 0. The van der Waals surface area contributed by atoms with E-state index in [0.29, 0.717) is 12.6 Å². The Labute approximate surface area is 118 Å². The first kappa shape index (κ1) is 13.0. The normalized spacial score (nSPS) is 25.5. The molecule has 1 aliphatic rings. The summed E-state index contributed by atoms with van der Waals surface area (Å²) in [6.07, 6.45) is 0.605. The van der Waals surface area contributed by atoms with Crippen molar-refractivity contribution in [2.75, 3.05) is 0 Å². The molecule has 0 aliphatic heterocycles. The molecule has 3 nitrogen and oxygen atoms in total. The summed E-state index contributed by atoms with van der Waals surface area (Å²) < 4.78 is 0. The minimum absolute atomic E-state index is 0.0571. The smallest absolute Gasteiger partial charge is 0.0705 e. The molecule has 4 heteroatoms. The van der Waals surface area contributed by atoms with Gasteiger partial charge in [-0.1, -0.05) is 43.6 Å². The maximum atomic E-state index is 9.74. The molecular formula is C15H19ClN2O. The van der Waals surface area contributed by atoms with E-state index in [2.05, 4.69) is 24.1 Å². The third-order valence-electron chi connectivity index (χ3n) is 4.46. The number of hydrogen-bond acceptors (Lipinski definition) is 2. The number of halogens is 1. The number of aliphatic hydroxyl groups is 1. The third kappa shape index (κ3) is 2.06. The van der Waals surface area contributed by atoms with Crippen LogP contribution in [0.25, 0.3) is 10.9 Å². The molecular weight excluding hydrogens is 260 g/mol. The highest BCUT2D eigenvalue weighted by Crippen LogP contribution is 2.40. The molecule has 2 aromatic rings. The van der Waals surface area contributed by atoms with Crippen LogP contribution in [0.5, 0.6) is 0 Å². The van der Waals surface area contributed by atoms with Gasteiger partial charge in [0.15, 0.2) is 0 Å². The average Bonchev–Trinajstić information content (AvgIpc) is 2.72. The predicted molar refractivity (Wildman–Crippen MR) is 78.3 cm³/mol.